The Morgan fingerprint density at radius 1 is 1.15 bits per heavy atom. The summed E-state index contributed by atoms with van der Waals surface area (Å²) >= 11 is 1.68. The van der Waals surface area contributed by atoms with Gasteiger partial charge in [0.2, 0.25) is 0 Å². The molecule has 0 bridgehead atoms. The summed E-state index contributed by atoms with van der Waals surface area (Å²) in [5.74, 6) is 1.90. The van der Waals surface area contributed by atoms with E-state index < -0.39 is 0 Å². The Morgan fingerprint density at radius 3 is 2.78 bits per heavy atom. The summed E-state index contributed by atoms with van der Waals surface area (Å²) in [6.07, 6.45) is 0.937. The van der Waals surface area contributed by atoms with E-state index in [1.54, 1.807) is 25.6 Å². The van der Waals surface area contributed by atoms with E-state index >= 15 is 0 Å². The fourth-order valence-corrected chi connectivity index (χ4v) is 4.34. The third-order valence-electron chi connectivity index (χ3n) is 4.67. The molecule has 4 rings (SSSR count). The van der Waals surface area contributed by atoms with Gasteiger partial charge >= 0.3 is 0 Å². The minimum Gasteiger partial charge on any atom is -0.497 e. The molecule has 0 aliphatic carbocycles. The van der Waals surface area contributed by atoms with Crippen molar-refractivity contribution in [1.29, 1.82) is 0 Å². The lowest BCUT2D eigenvalue weighted by atomic mass is 10.1. The van der Waals surface area contributed by atoms with Gasteiger partial charge < -0.3 is 14.8 Å². The lowest BCUT2D eigenvalue weighted by molar-refractivity contribution is 0.198. The molecule has 0 amide bonds. The van der Waals surface area contributed by atoms with E-state index in [2.05, 4.69) is 53.0 Å². The van der Waals surface area contributed by atoms with Gasteiger partial charge in [-0.1, -0.05) is 35.6 Å². The van der Waals surface area contributed by atoms with E-state index in [4.69, 9.17) is 14.5 Å². The van der Waals surface area contributed by atoms with E-state index in [1.807, 2.05) is 6.07 Å². The number of nitrogens with zero attached hydrogens (tertiary/aromatic N) is 2. The van der Waals surface area contributed by atoms with Gasteiger partial charge in [0.1, 0.15) is 17.3 Å². The first-order valence-electron chi connectivity index (χ1n) is 9.00. The van der Waals surface area contributed by atoms with E-state index in [1.165, 1.54) is 5.56 Å². The molecule has 1 N–H and O–H groups in total. The van der Waals surface area contributed by atoms with Crippen LogP contribution in [-0.2, 0) is 4.74 Å². The average Bonchev–Trinajstić information content (AvgIpc) is 3.21. The molecule has 0 fully saturated rings. The number of methoxy groups -OCH3 is 2. The quantitative estimate of drug-likeness (QED) is 0.459. The zero-order valence-corrected chi connectivity index (χ0v) is 16.6. The monoisotopic (exact) mass is 381 g/mol. The molecule has 2 heterocycles. The van der Waals surface area contributed by atoms with Crippen LogP contribution in [0.4, 0.5) is 5.82 Å². The number of aryl methyl sites for hydroxylation is 1. The summed E-state index contributed by atoms with van der Waals surface area (Å²) in [7, 11) is 3.43. The minimum absolute atomic E-state index is 0.732. The van der Waals surface area contributed by atoms with Crippen LogP contribution in [0, 0.1) is 6.92 Å². The zero-order chi connectivity index (χ0) is 18.8. The molecule has 0 spiro atoms. The summed E-state index contributed by atoms with van der Waals surface area (Å²) < 4.78 is 13.9. The highest BCUT2D eigenvalue weighted by atomic mass is 32.1. The Morgan fingerprint density at radius 2 is 2.00 bits per heavy atom. The SMILES string of the molecule is COCCCNc1c(-c2ccccc2C)nc2sc3cc(OC)ccc3n12. The number of imidazole rings is 1. The Hall–Kier alpha value is -2.57. The van der Waals surface area contributed by atoms with Crippen LogP contribution in [0.2, 0.25) is 0 Å². The van der Waals surface area contributed by atoms with Crippen LogP contribution in [0.15, 0.2) is 42.5 Å². The molecule has 0 aliphatic heterocycles. The first-order valence-corrected chi connectivity index (χ1v) is 9.82. The second-order valence-electron chi connectivity index (χ2n) is 6.45. The molecular weight excluding hydrogens is 358 g/mol. The number of rotatable bonds is 7. The maximum atomic E-state index is 5.37. The predicted octanol–water partition coefficient (Wildman–Crippen LogP) is 4.98. The predicted molar refractivity (Wildman–Crippen MR) is 112 cm³/mol. The fourth-order valence-electron chi connectivity index (χ4n) is 3.29. The second kappa shape index (κ2) is 7.58. The maximum Gasteiger partial charge on any atom is 0.197 e. The van der Waals surface area contributed by atoms with Crippen molar-refractivity contribution in [2.75, 3.05) is 32.7 Å². The maximum absolute atomic E-state index is 5.37. The summed E-state index contributed by atoms with van der Waals surface area (Å²) in [4.78, 5) is 5.96. The van der Waals surface area contributed by atoms with E-state index in [9.17, 15) is 0 Å². The molecule has 0 saturated heterocycles. The van der Waals surface area contributed by atoms with Crippen molar-refractivity contribution in [1.82, 2.24) is 9.38 Å². The number of aromatic nitrogens is 2. The van der Waals surface area contributed by atoms with Crippen LogP contribution in [0.25, 0.3) is 26.4 Å². The fraction of sp³-hybridized carbons (Fsp3) is 0.286. The molecule has 27 heavy (non-hydrogen) atoms. The number of nitrogens with one attached hydrogen (secondary N) is 1. The summed E-state index contributed by atoms with van der Waals surface area (Å²) in [6, 6.07) is 14.5. The van der Waals surface area contributed by atoms with Crippen LogP contribution in [0.3, 0.4) is 0 Å². The van der Waals surface area contributed by atoms with Gasteiger partial charge in [0, 0.05) is 25.8 Å². The smallest absolute Gasteiger partial charge is 0.197 e. The Balaban J connectivity index is 1.88. The van der Waals surface area contributed by atoms with Crippen molar-refractivity contribution in [3.63, 3.8) is 0 Å². The zero-order valence-electron chi connectivity index (χ0n) is 15.8. The van der Waals surface area contributed by atoms with Gasteiger partial charge in [-0.3, -0.25) is 4.40 Å². The summed E-state index contributed by atoms with van der Waals surface area (Å²) in [5.41, 5.74) is 4.50. The molecule has 0 radical (unpaired) electrons. The second-order valence-corrected chi connectivity index (χ2v) is 7.46. The number of benzene rings is 2. The van der Waals surface area contributed by atoms with Crippen LogP contribution < -0.4 is 10.1 Å². The standard InChI is InChI=1S/C21H23N3O2S/c1-14-7-4-5-8-16(14)19-20(22-11-6-12-25-2)24-17-10-9-15(26-3)13-18(17)27-21(24)23-19/h4-5,7-10,13,22H,6,11-12H2,1-3H3. The van der Waals surface area contributed by atoms with E-state index in [0.717, 1.165) is 57.6 Å². The van der Waals surface area contributed by atoms with Crippen LogP contribution in [0.1, 0.15) is 12.0 Å². The highest BCUT2D eigenvalue weighted by Crippen LogP contribution is 2.38. The third kappa shape index (κ3) is 3.26. The summed E-state index contributed by atoms with van der Waals surface area (Å²) in [5, 5.41) is 3.60. The highest BCUT2D eigenvalue weighted by molar-refractivity contribution is 7.23. The average molecular weight is 382 g/mol. The molecule has 140 valence electrons. The van der Waals surface area contributed by atoms with Crippen molar-refractivity contribution in [2.24, 2.45) is 0 Å². The number of hydrogen-bond donors (Lipinski definition) is 1. The number of anilines is 1. The highest BCUT2D eigenvalue weighted by Gasteiger charge is 2.19. The van der Waals surface area contributed by atoms with Gasteiger partial charge in [-0.05, 0) is 37.1 Å². The van der Waals surface area contributed by atoms with Crippen LogP contribution in [0.5, 0.6) is 5.75 Å². The largest absolute Gasteiger partial charge is 0.497 e. The Bertz CT molecular complexity index is 1080. The lowest BCUT2D eigenvalue weighted by Crippen LogP contribution is -2.07. The van der Waals surface area contributed by atoms with E-state index in [0.29, 0.717) is 0 Å². The van der Waals surface area contributed by atoms with Crippen molar-refractivity contribution in [2.45, 2.75) is 13.3 Å². The van der Waals surface area contributed by atoms with Gasteiger partial charge in [0.05, 0.1) is 17.3 Å². The topological polar surface area (TPSA) is 47.8 Å². The number of fused-ring (bicyclic) bond motifs is 3. The molecule has 0 atom stereocenters. The molecule has 4 aromatic rings. The Kier molecular flexibility index (Phi) is 5.01. The molecule has 2 aromatic heterocycles. The molecule has 0 unspecified atom stereocenters. The van der Waals surface area contributed by atoms with Crippen LogP contribution in [-0.4, -0.2) is 36.8 Å². The van der Waals surface area contributed by atoms with Crippen LogP contribution >= 0.6 is 11.3 Å². The normalized spacial score (nSPS) is 11.4. The van der Waals surface area contributed by atoms with Crippen molar-refractivity contribution >= 4 is 32.3 Å². The lowest BCUT2D eigenvalue weighted by Gasteiger charge is -2.10. The summed E-state index contributed by atoms with van der Waals surface area (Å²) in [6.45, 7) is 3.69. The first kappa shape index (κ1) is 17.8. The number of thiazole rings is 1. The number of hydrogen-bond acceptors (Lipinski definition) is 5. The molecule has 5 nitrogen and oxygen atoms in total. The van der Waals surface area contributed by atoms with Crippen molar-refractivity contribution < 1.29 is 9.47 Å². The van der Waals surface area contributed by atoms with Gasteiger partial charge in [0.15, 0.2) is 4.96 Å². The van der Waals surface area contributed by atoms with Gasteiger partial charge in [-0.15, -0.1) is 0 Å². The Labute approximate surface area is 162 Å². The molecule has 6 heteroatoms. The third-order valence-corrected chi connectivity index (χ3v) is 5.68. The van der Waals surface area contributed by atoms with E-state index in [-0.39, 0.29) is 0 Å². The molecule has 0 aliphatic rings. The minimum atomic E-state index is 0.732. The molecule has 0 saturated carbocycles. The van der Waals surface area contributed by atoms with Crippen molar-refractivity contribution in [3.8, 4) is 17.0 Å². The molecular formula is C21H23N3O2S. The van der Waals surface area contributed by atoms with Gasteiger partial charge in [-0.2, -0.15) is 0 Å². The van der Waals surface area contributed by atoms with Gasteiger partial charge in [0.25, 0.3) is 0 Å². The first-order chi connectivity index (χ1) is 13.2. The number of ether oxygens (including phenoxy) is 2. The van der Waals surface area contributed by atoms with Crippen molar-refractivity contribution in [3.05, 3.63) is 48.0 Å². The molecule has 2 aromatic carbocycles. The van der Waals surface area contributed by atoms with Gasteiger partial charge in [-0.25, -0.2) is 4.98 Å².